The second kappa shape index (κ2) is 11.1. The largest absolute Gasteiger partial charge is 0.476 e. The summed E-state index contributed by atoms with van der Waals surface area (Å²) >= 11 is 0. The molecule has 2 aromatic carbocycles. The molecule has 9 nitrogen and oxygen atoms in total. The second-order valence-corrected chi connectivity index (χ2v) is 11.2. The number of ether oxygens (including phenoxy) is 2. The summed E-state index contributed by atoms with van der Waals surface area (Å²) in [4.78, 5) is 20.5. The van der Waals surface area contributed by atoms with Crippen molar-refractivity contribution in [1.82, 2.24) is 15.3 Å². The van der Waals surface area contributed by atoms with Crippen LogP contribution in [0.2, 0.25) is 0 Å². The van der Waals surface area contributed by atoms with Gasteiger partial charge in [-0.25, -0.2) is 18.6 Å². The molecule has 2 N–H and O–H groups in total. The molecule has 0 amide bonds. The predicted molar refractivity (Wildman–Crippen MR) is 136 cm³/mol. The second-order valence-electron chi connectivity index (χ2n) is 8.62. The first-order valence-electron chi connectivity index (χ1n) is 10.9. The first-order valence-corrected chi connectivity index (χ1v) is 13.2. The molecule has 188 valence electrons. The summed E-state index contributed by atoms with van der Waals surface area (Å²) in [6.07, 6.45) is 5.20. The van der Waals surface area contributed by atoms with Crippen molar-refractivity contribution in [2.75, 3.05) is 44.6 Å². The Hall–Kier alpha value is -3.15. The van der Waals surface area contributed by atoms with Gasteiger partial charge in [0.05, 0.1) is 23.5 Å². The lowest BCUT2D eigenvalue weighted by molar-refractivity contribution is -0.119. The van der Waals surface area contributed by atoms with Gasteiger partial charge in [0.1, 0.15) is 23.7 Å². The summed E-state index contributed by atoms with van der Waals surface area (Å²) in [5, 5.41) is 7.00. The van der Waals surface area contributed by atoms with Gasteiger partial charge in [0.25, 0.3) is 0 Å². The van der Waals surface area contributed by atoms with E-state index in [1.54, 1.807) is 38.7 Å². The molecule has 1 heterocycles. The predicted octanol–water partition coefficient (Wildman–Crippen LogP) is 3.75. The van der Waals surface area contributed by atoms with Crippen LogP contribution in [-0.4, -0.2) is 65.4 Å². The molecule has 0 unspecified atom stereocenters. The Bertz CT molecular complexity index is 1330. The highest BCUT2D eigenvalue weighted by Crippen LogP contribution is 2.34. The van der Waals surface area contributed by atoms with Crippen molar-refractivity contribution in [3.63, 3.8) is 0 Å². The maximum absolute atomic E-state index is 14.1. The summed E-state index contributed by atoms with van der Waals surface area (Å²) in [6.45, 7) is 4.70. The van der Waals surface area contributed by atoms with Gasteiger partial charge in [0.2, 0.25) is 0 Å². The van der Waals surface area contributed by atoms with E-state index in [2.05, 4.69) is 25.0 Å². The molecule has 35 heavy (non-hydrogen) atoms. The van der Waals surface area contributed by atoms with E-state index in [4.69, 9.17) is 9.47 Å². The number of hydrogen-bond acceptors (Lipinski definition) is 9. The highest BCUT2D eigenvalue weighted by molar-refractivity contribution is 7.92. The summed E-state index contributed by atoms with van der Waals surface area (Å²) in [5.74, 6) is 0.111. The number of carbonyl (C=O) groups excluding carboxylic acids is 1. The SMILES string of the molecule is COCCNC[C@](C)(C=O)Oc1cc(F)ccc1Nc1ncnc2cc(N=S(C)(C)=O)cc(C)c12. The fourth-order valence-corrected chi connectivity index (χ4v) is 4.06. The summed E-state index contributed by atoms with van der Waals surface area (Å²) < 4.78 is 41.5. The molecule has 0 aliphatic rings. The number of aryl methyl sites for hydroxylation is 1. The van der Waals surface area contributed by atoms with Gasteiger partial charge in [-0.05, 0) is 43.7 Å². The Balaban J connectivity index is 1.97. The smallest absolute Gasteiger partial charge is 0.173 e. The molecular weight excluding hydrogens is 473 g/mol. The van der Waals surface area contributed by atoms with Gasteiger partial charge >= 0.3 is 0 Å². The maximum Gasteiger partial charge on any atom is 0.173 e. The molecule has 0 saturated carbocycles. The third kappa shape index (κ3) is 7.17. The van der Waals surface area contributed by atoms with E-state index in [0.29, 0.717) is 42.1 Å². The number of hydrogen-bond donors (Lipinski definition) is 2. The van der Waals surface area contributed by atoms with Crippen molar-refractivity contribution in [2.24, 2.45) is 4.36 Å². The quantitative estimate of drug-likeness (QED) is 0.300. The molecule has 0 saturated heterocycles. The zero-order valence-electron chi connectivity index (χ0n) is 20.4. The van der Waals surface area contributed by atoms with Gasteiger partial charge in [-0.15, -0.1) is 0 Å². The van der Waals surface area contributed by atoms with Crippen LogP contribution in [0.15, 0.2) is 41.0 Å². The molecule has 0 aliphatic heterocycles. The number of carbonyl (C=O) groups is 1. The Morgan fingerprint density at radius 3 is 2.69 bits per heavy atom. The topological polar surface area (TPSA) is 115 Å². The number of benzene rings is 2. The number of aldehydes is 1. The van der Waals surface area contributed by atoms with Crippen molar-refractivity contribution in [1.29, 1.82) is 0 Å². The Morgan fingerprint density at radius 1 is 1.23 bits per heavy atom. The van der Waals surface area contributed by atoms with Crippen LogP contribution in [0.4, 0.5) is 21.6 Å². The third-order valence-corrected chi connectivity index (χ3v) is 5.64. The molecule has 1 atom stereocenters. The molecule has 0 spiro atoms. The minimum Gasteiger partial charge on any atom is -0.476 e. The Labute approximate surface area is 204 Å². The summed E-state index contributed by atoms with van der Waals surface area (Å²) in [5.41, 5.74) is 1.16. The number of anilines is 2. The van der Waals surface area contributed by atoms with Crippen LogP contribution in [0.1, 0.15) is 12.5 Å². The van der Waals surface area contributed by atoms with Crippen molar-refractivity contribution in [2.45, 2.75) is 19.4 Å². The molecule has 0 fully saturated rings. The van der Waals surface area contributed by atoms with E-state index in [9.17, 15) is 13.4 Å². The molecular formula is C24H30FN5O4S. The summed E-state index contributed by atoms with van der Waals surface area (Å²) in [6, 6.07) is 7.56. The van der Waals surface area contributed by atoms with E-state index in [0.717, 1.165) is 10.9 Å². The first-order chi connectivity index (χ1) is 16.5. The van der Waals surface area contributed by atoms with Gasteiger partial charge in [-0.3, -0.25) is 4.79 Å². The third-order valence-electron chi connectivity index (χ3n) is 4.99. The van der Waals surface area contributed by atoms with E-state index in [1.807, 2.05) is 6.92 Å². The van der Waals surface area contributed by atoms with E-state index in [1.165, 1.54) is 24.5 Å². The van der Waals surface area contributed by atoms with Crippen LogP contribution in [0.5, 0.6) is 5.75 Å². The van der Waals surface area contributed by atoms with Gasteiger partial charge in [0.15, 0.2) is 11.9 Å². The Kier molecular flexibility index (Phi) is 8.36. The van der Waals surface area contributed by atoms with Crippen molar-refractivity contribution < 1.29 is 22.9 Å². The highest BCUT2D eigenvalue weighted by Gasteiger charge is 2.27. The molecule has 0 radical (unpaired) electrons. The number of methoxy groups -OCH3 is 1. The van der Waals surface area contributed by atoms with Crippen molar-refractivity contribution in [3.8, 4) is 5.75 Å². The van der Waals surface area contributed by atoms with Crippen LogP contribution in [-0.2, 0) is 19.3 Å². The zero-order chi connectivity index (χ0) is 25.6. The van der Waals surface area contributed by atoms with Crippen LogP contribution < -0.4 is 15.4 Å². The van der Waals surface area contributed by atoms with Crippen LogP contribution in [0, 0.1) is 12.7 Å². The Morgan fingerprint density at radius 2 is 2.00 bits per heavy atom. The fourth-order valence-electron chi connectivity index (χ4n) is 3.45. The number of fused-ring (bicyclic) bond motifs is 1. The normalized spacial score (nSPS) is 13.3. The number of aromatic nitrogens is 2. The molecule has 3 aromatic rings. The molecule has 11 heteroatoms. The van der Waals surface area contributed by atoms with Crippen molar-refractivity contribution >= 4 is 44.1 Å². The summed E-state index contributed by atoms with van der Waals surface area (Å²) in [7, 11) is -0.753. The average molecular weight is 504 g/mol. The van der Waals surface area contributed by atoms with E-state index >= 15 is 0 Å². The lowest BCUT2D eigenvalue weighted by Crippen LogP contribution is -2.45. The maximum atomic E-state index is 14.1. The standard InChI is InChI=1S/C24H30FN5O4S/c1-16-10-18(30-35(4,5)32)12-20-22(16)23(28-15-27-20)29-19-7-6-17(25)11-21(19)34-24(2,14-31)13-26-8-9-33-3/h6-7,10-12,14-15,26H,8-9,13H2,1-5H3,(H,27,28,29)/t24-/m1/s1. The molecule has 3 rings (SSSR count). The highest BCUT2D eigenvalue weighted by atomic mass is 32.2. The minimum atomic E-state index is -2.34. The monoisotopic (exact) mass is 503 g/mol. The lowest BCUT2D eigenvalue weighted by atomic mass is 10.1. The first kappa shape index (κ1) is 26.5. The van der Waals surface area contributed by atoms with Gasteiger partial charge < -0.3 is 20.1 Å². The molecule has 0 aliphatic carbocycles. The van der Waals surface area contributed by atoms with Gasteiger partial charge in [-0.1, -0.05) is 0 Å². The minimum absolute atomic E-state index is 0.154. The zero-order valence-corrected chi connectivity index (χ0v) is 21.2. The van der Waals surface area contributed by atoms with Crippen molar-refractivity contribution in [3.05, 3.63) is 48.0 Å². The average Bonchev–Trinajstić information content (AvgIpc) is 2.77. The molecule has 0 bridgehead atoms. The van der Waals surface area contributed by atoms with Gasteiger partial charge in [0, 0.05) is 53.9 Å². The number of nitrogens with zero attached hydrogens (tertiary/aromatic N) is 3. The fraction of sp³-hybridized carbons (Fsp3) is 0.375. The molecule has 1 aromatic heterocycles. The van der Waals surface area contributed by atoms with Gasteiger partial charge in [-0.2, -0.15) is 4.36 Å². The number of halogens is 1. The van der Waals surface area contributed by atoms with E-state index < -0.39 is 21.1 Å². The van der Waals surface area contributed by atoms with Crippen LogP contribution >= 0.6 is 0 Å². The van der Waals surface area contributed by atoms with E-state index in [-0.39, 0.29) is 12.3 Å². The van der Waals surface area contributed by atoms with Crippen LogP contribution in [0.25, 0.3) is 10.9 Å². The number of rotatable bonds is 11. The lowest BCUT2D eigenvalue weighted by Gasteiger charge is -2.27. The number of nitrogens with one attached hydrogen (secondary N) is 2. The van der Waals surface area contributed by atoms with Crippen LogP contribution in [0.3, 0.4) is 0 Å².